The Bertz CT molecular complexity index is 906. The van der Waals surface area contributed by atoms with Gasteiger partial charge in [-0.1, -0.05) is 11.6 Å². The van der Waals surface area contributed by atoms with Crippen molar-refractivity contribution in [3.63, 3.8) is 0 Å². The SMILES string of the molecule is CC(C)(C)OC(=O)NCC1CCCN(Cc2nc3ccc(Cl)cc3c(=O)[nH]2)C1. The maximum Gasteiger partial charge on any atom is 0.407 e. The summed E-state index contributed by atoms with van der Waals surface area (Å²) in [5.74, 6) is 0.979. The second-order valence-corrected chi connectivity index (χ2v) is 8.74. The van der Waals surface area contributed by atoms with Crippen molar-refractivity contribution < 1.29 is 9.53 Å². The van der Waals surface area contributed by atoms with Crippen LogP contribution in [0.2, 0.25) is 5.02 Å². The Kier molecular flexibility index (Phi) is 6.25. The summed E-state index contributed by atoms with van der Waals surface area (Å²) in [6.07, 6.45) is 1.70. The van der Waals surface area contributed by atoms with Gasteiger partial charge in [-0.25, -0.2) is 9.78 Å². The van der Waals surface area contributed by atoms with E-state index in [1.807, 2.05) is 20.8 Å². The number of likely N-dealkylation sites (tertiary alicyclic amines) is 1. The predicted molar refractivity (Wildman–Crippen MR) is 110 cm³/mol. The minimum Gasteiger partial charge on any atom is -0.444 e. The van der Waals surface area contributed by atoms with Crippen molar-refractivity contribution in [2.75, 3.05) is 19.6 Å². The summed E-state index contributed by atoms with van der Waals surface area (Å²) in [7, 11) is 0. The highest BCUT2D eigenvalue weighted by Gasteiger charge is 2.23. The molecule has 1 unspecified atom stereocenters. The number of rotatable bonds is 4. The van der Waals surface area contributed by atoms with E-state index in [2.05, 4.69) is 20.2 Å². The number of halogens is 1. The third-order valence-corrected chi connectivity index (χ3v) is 4.86. The number of nitrogens with one attached hydrogen (secondary N) is 2. The zero-order valence-corrected chi connectivity index (χ0v) is 17.3. The molecule has 1 atom stereocenters. The van der Waals surface area contributed by atoms with E-state index >= 15 is 0 Å². The van der Waals surface area contributed by atoms with E-state index in [-0.39, 0.29) is 11.7 Å². The number of carbonyl (C=O) groups excluding carboxylic acids is 1. The Balaban J connectivity index is 1.59. The molecule has 8 heteroatoms. The molecule has 3 rings (SSSR count). The van der Waals surface area contributed by atoms with Crippen LogP contribution in [0.25, 0.3) is 10.9 Å². The molecule has 152 valence electrons. The third-order valence-electron chi connectivity index (χ3n) is 4.63. The molecule has 1 aromatic carbocycles. The first-order chi connectivity index (χ1) is 13.2. The molecule has 1 aliphatic rings. The molecule has 2 N–H and O–H groups in total. The van der Waals surface area contributed by atoms with Crippen molar-refractivity contribution >= 4 is 28.6 Å². The summed E-state index contributed by atoms with van der Waals surface area (Å²) >= 11 is 5.96. The fourth-order valence-corrected chi connectivity index (χ4v) is 3.62. The minimum atomic E-state index is -0.499. The van der Waals surface area contributed by atoms with Gasteiger partial charge in [0.15, 0.2) is 0 Å². The lowest BCUT2D eigenvalue weighted by molar-refractivity contribution is 0.0505. The lowest BCUT2D eigenvalue weighted by Gasteiger charge is -2.32. The molecule has 0 saturated carbocycles. The van der Waals surface area contributed by atoms with Gasteiger partial charge in [-0.2, -0.15) is 0 Å². The first-order valence-corrected chi connectivity index (χ1v) is 9.95. The molecule has 0 aliphatic carbocycles. The van der Waals surface area contributed by atoms with Crippen LogP contribution in [0, 0.1) is 5.92 Å². The minimum absolute atomic E-state index is 0.178. The van der Waals surface area contributed by atoms with E-state index in [1.54, 1.807) is 18.2 Å². The van der Waals surface area contributed by atoms with Crippen LogP contribution in [-0.4, -0.2) is 46.2 Å². The Hall–Kier alpha value is -2.12. The number of hydrogen-bond acceptors (Lipinski definition) is 5. The Morgan fingerprint density at radius 3 is 2.96 bits per heavy atom. The molecule has 2 aromatic rings. The molecule has 0 spiro atoms. The van der Waals surface area contributed by atoms with E-state index in [9.17, 15) is 9.59 Å². The summed E-state index contributed by atoms with van der Waals surface area (Å²) in [6.45, 7) is 8.45. The Labute approximate surface area is 169 Å². The molecule has 0 radical (unpaired) electrons. The average molecular weight is 407 g/mol. The highest BCUT2D eigenvalue weighted by molar-refractivity contribution is 6.31. The second-order valence-electron chi connectivity index (χ2n) is 8.30. The number of fused-ring (bicyclic) bond motifs is 1. The van der Waals surface area contributed by atoms with Gasteiger partial charge < -0.3 is 15.0 Å². The molecule has 1 fully saturated rings. The quantitative estimate of drug-likeness (QED) is 0.813. The van der Waals surface area contributed by atoms with E-state index in [4.69, 9.17) is 16.3 Å². The van der Waals surface area contributed by atoms with E-state index < -0.39 is 5.60 Å². The highest BCUT2D eigenvalue weighted by atomic mass is 35.5. The number of nitrogens with zero attached hydrogens (tertiary/aromatic N) is 2. The molecule has 1 aromatic heterocycles. The maximum absolute atomic E-state index is 12.3. The van der Waals surface area contributed by atoms with E-state index in [1.165, 1.54) is 0 Å². The monoisotopic (exact) mass is 406 g/mol. The Morgan fingerprint density at radius 1 is 1.43 bits per heavy atom. The molecule has 7 nitrogen and oxygen atoms in total. The highest BCUT2D eigenvalue weighted by Crippen LogP contribution is 2.19. The number of piperidine rings is 1. The number of alkyl carbamates (subject to hydrolysis) is 1. The molecule has 28 heavy (non-hydrogen) atoms. The van der Waals surface area contributed by atoms with Crippen molar-refractivity contribution in [2.24, 2.45) is 5.92 Å². The number of carbonyl (C=O) groups is 1. The smallest absolute Gasteiger partial charge is 0.407 e. The largest absolute Gasteiger partial charge is 0.444 e. The zero-order valence-electron chi connectivity index (χ0n) is 16.5. The van der Waals surface area contributed by atoms with Crippen molar-refractivity contribution in [1.82, 2.24) is 20.2 Å². The zero-order chi connectivity index (χ0) is 20.3. The number of hydrogen-bond donors (Lipinski definition) is 2. The topological polar surface area (TPSA) is 87.3 Å². The molecular weight excluding hydrogens is 380 g/mol. The van der Waals surface area contributed by atoms with Crippen molar-refractivity contribution in [3.8, 4) is 0 Å². The first-order valence-electron chi connectivity index (χ1n) is 9.57. The van der Waals surface area contributed by atoms with Gasteiger partial charge in [0, 0.05) is 18.1 Å². The van der Waals surface area contributed by atoms with Crippen molar-refractivity contribution in [3.05, 3.63) is 39.4 Å². The van der Waals surface area contributed by atoms with Crippen LogP contribution in [0.15, 0.2) is 23.0 Å². The Morgan fingerprint density at radius 2 is 2.21 bits per heavy atom. The number of amides is 1. The van der Waals surface area contributed by atoms with Gasteiger partial charge in [-0.05, 0) is 64.3 Å². The van der Waals surface area contributed by atoms with Crippen molar-refractivity contribution in [2.45, 2.75) is 45.8 Å². The summed E-state index contributed by atoms with van der Waals surface area (Å²) in [5.41, 5.74) is -0.0356. The van der Waals surface area contributed by atoms with Crippen LogP contribution >= 0.6 is 11.6 Å². The summed E-state index contributed by atoms with van der Waals surface area (Å²) < 4.78 is 5.29. The lowest BCUT2D eigenvalue weighted by Crippen LogP contribution is -2.42. The molecular formula is C20H27ClN4O3. The van der Waals surface area contributed by atoms with Crippen molar-refractivity contribution in [1.29, 1.82) is 0 Å². The number of aromatic amines is 1. The first kappa shape index (κ1) is 20.6. The molecule has 0 bridgehead atoms. The third kappa shape index (κ3) is 5.69. The van der Waals surface area contributed by atoms with Crippen LogP contribution < -0.4 is 10.9 Å². The summed E-state index contributed by atoms with van der Waals surface area (Å²) in [5, 5.41) is 3.87. The van der Waals surface area contributed by atoms with Gasteiger partial charge in [0.1, 0.15) is 11.4 Å². The number of ether oxygens (including phenoxy) is 1. The van der Waals surface area contributed by atoms with Crippen LogP contribution in [0.4, 0.5) is 4.79 Å². The van der Waals surface area contributed by atoms with Gasteiger partial charge in [-0.15, -0.1) is 0 Å². The van der Waals surface area contributed by atoms with E-state index in [0.29, 0.717) is 40.8 Å². The number of aromatic nitrogens is 2. The molecule has 2 heterocycles. The van der Waals surface area contributed by atoms with Gasteiger partial charge in [0.2, 0.25) is 0 Å². The predicted octanol–water partition coefficient (Wildman–Crippen LogP) is 3.31. The lowest BCUT2D eigenvalue weighted by atomic mass is 9.98. The van der Waals surface area contributed by atoms with Gasteiger partial charge in [0.25, 0.3) is 5.56 Å². The van der Waals surface area contributed by atoms with Crippen LogP contribution in [0.5, 0.6) is 0 Å². The fraction of sp³-hybridized carbons (Fsp3) is 0.550. The maximum atomic E-state index is 12.3. The number of benzene rings is 1. The second kappa shape index (κ2) is 8.49. The summed E-state index contributed by atoms with van der Waals surface area (Å²) in [4.78, 5) is 33.8. The van der Waals surface area contributed by atoms with Gasteiger partial charge >= 0.3 is 6.09 Å². The van der Waals surface area contributed by atoms with Gasteiger partial charge in [-0.3, -0.25) is 9.69 Å². The van der Waals surface area contributed by atoms with E-state index in [0.717, 1.165) is 25.9 Å². The summed E-state index contributed by atoms with van der Waals surface area (Å²) in [6, 6.07) is 5.13. The fourth-order valence-electron chi connectivity index (χ4n) is 3.45. The molecule has 1 aliphatic heterocycles. The standard InChI is InChI=1S/C20H27ClN4O3/c1-20(2,3)28-19(27)22-10-13-5-4-8-25(11-13)12-17-23-16-7-6-14(21)9-15(16)18(26)24-17/h6-7,9,13H,4-5,8,10-12H2,1-3H3,(H,22,27)(H,23,24,26). The van der Waals surface area contributed by atoms with Gasteiger partial charge in [0.05, 0.1) is 17.4 Å². The molecule has 1 saturated heterocycles. The number of H-pyrrole nitrogens is 1. The molecule has 1 amide bonds. The van der Waals surface area contributed by atoms with Crippen LogP contribution in [0.3, 0.4) is 0 Å². The average Bonchev–Trinajstić information content (AvgIpc) is 2.60. The normalized spacial score (nSPS) is 18.2. The van der Waals surface area contributed by atoms with Crippen LogP contribution in [-0.2, 0) is 11.3 Å². The van der Waals surface area contributed by atoms with Crippen LogP contribution in [0.1, 0.15) is 39.4 Å².